The van der Waals surface area contributed by atoms with E-state index < -0.39 is 136 Å². The number of aliphatic hydroxyl groups excluding tert-OH is 12. The van der Waals surface area contributed by atoms with Crippen LogP contribution >= 0.6 is 0 Å². The van der Waals surface area contributed by atoms with Crippen LogP contribution in [0.1, 0.15) is 107 Å². The highest BCUT2D eigenvalue weighted by Gasteiger charge is 2.70. The minimum Gasteiger partial charge on any atom is -0.394 e. The molecule has 388 valence electrons. The molecular formula is C48H82O19. The maximum atomic E-state index is 12.4. The lowest BCUT2D eigenvalue weighted by Crippen LogP contribution is -2.65. The van der Waals surface area contributed by atoms with Gasteiger partial charge >= 0.3 is 0 Å². The molecule has 0 bridgehead atoms. The second-order valence-electron chi connectivity index (χ2n) is 23.1. The summed E-state index contributed by atoms with van der Waals surface area (Å²) in [6, 6.07) is 0. The van der Waals surface area contributed by atoms with E-state index in [0.29, 0.717) is 19.3 Å². The van der Waals surface area contributed by atoms with Gasteiger partial charge in [0.1, 0.15) is 73.2 Å². The number of allylic oxidation sites excluding steroid dienone is 1. The highest BCUT2D eigenvalue weighted by molar-refractivity contribution is 5.31. The summed E-state index contributed by atoms with van der Waals surface area (Å²) >= 11 is 0. The summed E-state index contributed by atoms with van der Waals surface area (Å²) in [6.07, 6.45) is -19.2. The van der Waals surface area contributed by atoms with Gasteiger partial charge in [-0.25, -0.2) is 0 Å². The van der Waals surface area contributed by atoms with Gasteiger partial charge < -0.3 is 94.8 Å². The van der Waals surface area contributed by atoms with E-state index in [4.69, 9.17) is 28.4 Å². The van der Waals surface area contributed by atoms with Crippen LogP contribution in [0.5, 0.6) is 0 Å². The zero-order chi connectivity index (χ0) is 49.5. The summed E-state index contributed by atoms with van der Waals surface area (Å²) in [5, 5.41) is 141. The molecule has 0 aromatic carbocycles. The molecule has 0 spiro atoms. The van der Waals surface area contributed by atoms with Crippen molar-refractivity contribution in [1.29, 1.82) is 0 Å². The monoisotopic (exact) mass is 963 g/mol. The van der Waals surface area contributed by atoms with Gasteiger partial charge in [-0.2, -0.15) is 0 Å². The Hall–Kier alpha value is -1.02. The molecule has 6 fully saturated rings. The van der Waals surface area contributed by atoms with Gasteiger partial charge in [0, 0.05) is 10.8 Å². The minimum atomic E-state index is -1.90. The Labute approximate surface area is 393 Å². The van der Waals surface area contributed by atoms with E-state index in [1.54, 1.807) is 13.8 Å². The SMILES string of the molecule is C[C@H](CC[C@@H](O[C@@H]1O[C@H](CO[C@H]2O[C@H](CO)[C@@H](O)[C@H](O)[C@H]2O)[C@@H](O)[C@H](O)[C@H]1O[C@@H]1O[C@H](CO)[C@@H](O)[C@H](O)[C@H]1O)C(C)(C)O)[C@@H]1CC[C@@]2(C)[C@@H]3CC=C4[C@@H](CC[C@H](O)C4(C)C)[C@]3(C)[C@H](O)C[C@]12C. The van der Waals surface area contributed by atoms with Crippen molar-refractivity contribution in [2.24, 2.45) is 45.3 Å². The summed E-state index contributed by atoms with van der Waals surface area (Å²) in [4.78, 5) is 0. The van der Waals surface area contributed by atoms with Crippen molar-refractivity contribution in [3.05, 3.63) is 11.6 Å². The molecule has 0 aromatic heterocycles. The molecule has 19 nitrogen and oxygen atoms in total. The summed E-state index contributed by atoms with van der Waals surface area (Å²) in [5.74, 6) is 0.678. The fourth-order valence-corrected chi connectivity index (χ4v) is 14.1. The molecule has 3 heterocycles. The maximum Gasteiger partial charge on any atom is 0.187 e. The van der Waals surface area contributed by atoms with Crippen molar-refractivity contribution in [2.45, 2.75) is 223 Å². The molecule has 3 aliphatic heterocycles. The van der Waals surface area contributed by atoms with Crippen molar-refractivity contribution in [1.82, 2.24) is 0 Å². The third-order valence-electron chi connectivity index (χ3n) is 18.7. The lowest BCUT2D eigenvalue weighted by molar-refractivity contribution is -0.380. The van der Waals surface area contributed by atoms with Crippen LogP contribution in [-0.4, -0.2) is 202 Å². The Morgan fingerprint density at radius 1 is 0.672 bits per heavy atom. The van der Waals surface area contributed by atoms with Crippen LogP contribution in [0, 0.1) is 45.3 Å². The minimum absolute atomic E-state index is 0.0795. The fraction of sp³-hybridized carbons (Fsp3) is 0.958. The summed E-state index contributed by atoms with van der Waals surface area (Å²) in [7, 11) is 0. The average molecular weight is 963 g/mol. The Bertz CT molecular complexity index is 1710. The van der Waals surface area contributed by atoms with Crippen LogP contribution in [0.15, 0.2) is 11.6 Å². The molecule has 67 heavy (non-hydrogen) atoms. The van der Waals surface area contributed by atoms with Crippen LogP contribution in [0.2, 0.25) is 0 Å². The van der Waals surface area contributed by atoms with Gasteiger partial charge in [-0.1, -0.05) is 53.2 Å². The number of fused-ring (bicyclic) bond motifs is 5. The Morgan fingerprint density at radius 3 is 1.84 bits per heavy atom. The zero-order valence-corrected chi connectivity index (χ0v) is 40.3. The van der Waals surface area contributed by atoms with E-state index in [0.717, 1.165) is 25.7 Å². The first-order valence-electron chi connectivity index (χ1n) is 24.5. The van der Waals surface area contributed by atoms with Crippen molar-refractivity contribution < 1.29 is 94.8 Å². The van der Waals surface area contributed by atoms with Crippen LogP contribution in [-0.2, 0) is 28.4 Å². The van der Waals surface area contributed by atoms with Gasteiger partial charge in [0.25, 0.3) is 0 Å². The van der Waals surface area contributed by atoms with Gasteiger partial charge in [0.2, 0.25) is 0 Å². The molecule has 0 unspecified atom stereocenters. The second-order valence-corrected chi connectivity index (χ2v) is 23.1. The maximum absolute atomic E-state index is 12.4. The Morgan fingerprint density at radius 2 is 1.24 bits per heavy atom. The van der Waals surface area contributed by atoms with Gasteiger partial charge in [-0.15, -0.1) is 0 Å². The topological polar surface area (TPSA) is 318 Å². The molecule has 7 rings (SSSR count). The normalized spacial score (nSPS) is 51.0. The van der Waals surface area contributed by atoms with Crippen molar-refractivity contribution in [2.75, 3.05) is 19.8 Å². The average Bonchev–Trinajstić information content (AvgIpc) is 3.54. The molecule has 0 amide bonds. The first-order valence-corrected chi connectivity index (χ1v) is 24.5. The van der Waals surface area contributed by atoms with Gasteiger partial charge in [-0.3, -0.25) is 0 Å². The van der Waals surface area contributed by atoms with Crippen molar-refractivity contribution in [3.63, 3.8) is 0 Å². The van der Waals surface area contributed by atoms with Gasteiger partial charge in [0.05, 0.1) is 43.7 Å². The van der Waals surface area contributed by atoms with E-state index in [1.807, 2.05) is 0 Å². The van der Waals surface area contributed by atoms with Crippen LogP contribution < -0.4 is 0 Å². The second kappa shape index (κ2) is 19.8. The molecule has 3 saturated heterocycles. The number of ether oxygens (including phenoxy) is 6. The van der Waals surface area contributed by atoms with Crippen molar-refractivity contribution >= 4 is 0 Å². The molecular weight excluding hydrogens is 881 g/mol. The summed E-state index contributed by atoms with van der Waals surface area (Å²) < 4.78 is 35.5. The predicted molar refractivity (Wildman–Crippen MR) is 235 cm³/mol. The Kier molecular flexibility index (Phi) is 15.9. The molecule has 0 radical (unpaired) electrons. The molecule has 3 saturated carbocycles. The van der Waals surface area contributed by atoms with E-state index in [9.17, 15) is 66.4 Å². The quantitative estimate of drug-likeness (QED) is 0.0924. The molecule has 13 N–H and O–H groups in total. The van der Waals surface area contributed by atoms with E-state index >= 15 is 0 Å². The summed E-state index contributed by atoms with van der Waals surface area (Å²) in [5.41, 5.74) is -1.32. The molecule has 25 atom stereocenters. The number of rotatable bonds is 14. The summed E-state index contributed by atoms with van der Waals surface area (Å²) in [6.45, 7) is 14.4. The predicted octanol–water partition coefficient (Wildman–Crippen LogP) is -1.06. The Balaban J connectivity index is 1.10. The van der Waals surface area contributed by atoms with E-state index in [-0.39, 0.29) is 51.8 Å². The smallest absolute Gasteiger partial charge is 0.187 e. The first kappa shape index (κ1) is 53.8. The number of hydrogen-bond acceptors (Lipinski definition) is 19. The van der Waals surface area contributed by atoms with Crippen LogP contribution in [0.4, 0.5) is 0 Å². The van der Waals surface area contributed by atoms with E-state index in [1.165, 1.54) is 5.57 Å². The van der Waals surface area contributed by atoms with Gasteiger partial charge in [-0.05, 0) is 99.7 Å². The third-order valence-corrected chi connectivity index (χ3v) is 18.7. The van der Waals surface area contributed by atoms with Crippen LogP contribution in [0.25, 0.3) is 0 Å². The molecule has 0 aromatic rings. The zero-order valence-electron chi connectivity index (χ0n) is 40.3. The molecule has 4 aliphatic carbocycles. The first-order chi connectivity index (χ1) is 31.2. The number of hydrogen-bond donors (Lipinski definition) is 13. The third kappa shape index (κ3) is 9.24. The van der Waals surface area contributed by atoms with E-state index in [2.05, 4.69) is 47.6 Å². The largest absolute Gasteiger partial charge is 0.394 e. The van der Waals surface area contributed by atoms with Crippen LogP contribution in [0.3, 0.4) is 0 Å². The highest BCUT2D eigenvalue weighted by Crippen LogP contribution is 2.75. The fourth-order valence-electron chi connectivity index (χ4n) is 14.1. The van der Waals surface area contributed by atoms with Gasteiger partial charge in [0.15, 0.2) is 18.9 Å². The molecule has 19 heteroatoms. The standard InChI is InChI=1S/C48H82O19/c1-21(22-15-16-46(6)28-12-10-23-24(11-13-29(51)44(23,2)3)48(28,8)30(52)17-47(22,46)7)9-14-31(45(4,5)61)66-43-40(67-42-39(60)36(57)33(54)26(19-50)64-42)37(58)34(55)27(65-43)20-62-41-38(59)35(56)32(53)25(18-49)63-41/h10,21-22,24-43,49-61H,9,11-20H2,1-8H3/t21-,22+,24-,25-,26-,27-,28+,29+,30-,31-,32-,33-,34-,35+,36+,37+,38-,39-,40-,41+,42+,43+,46+,47-,48+/m1/s1. The molecule has 7 aliphatic rings. The lowest BCUT2D eigenvalue weighted by Gasteiger charge is -2.67. The van der Waals surface area contributed by atoms with Crippen molar-refractivity contribution in [3.8, 4) is 0 Å². The number of aliphatic hydroxyl groups is 13. The lowest BCUT2D eigenvalue weighted by atomic mass is 9.38. The highest BCUT2D eigenvalue weighted by atomic mass is 16.8.